The molecule has 74 valence electrons. The van der Waals surface area contributed by atoms with E-state index in [1.807, 2.05) is 19.1 Å². The van der Waals surface area contributed by atoms with Crippen molar-refractivity contribution in [1.29, 1.82) is 0 Å². The molecule has 1 aliphatic carbocycles. The van der Waals surface area contributed by atoms with E-state index in [0.717, 1.165) is 18.5 Å². The number of amides is 1. The van der Waals surface area contributed by atoms with Gasteiger partial charge < -0.3 is 5.32 Å². The minimum absolute atomic E-state index is 0.00204. The largest absolute Gasteiger partial charge is 0.349 e. The summed E-state index contributed by atoms with van der Waals surface area (Å²) in [6.45, 7) is 1.91. The molecule has 1 aromatic heterocycles. The molecule has 0 bridgehead atoms. The second kappa shape index (κ2) is 3.78. The van der Waals surface area contributed by atoms with E-state index in [1.54, 1.807) is 6.20 Å². The van der Waals surface area contributed by atoms with Gasteiger partial charge in [0.15, 0.2) is 0 Å². The maximum atomic E-state index is 11.6. The maximum absolute atomic E-state index is 11.6. The summed E-state index contributed by atoms with van der Waals surface area (Å²) in [5.74, 6) is 0.00204. The van der Waals surface area contributed by atoms with Crippen LogP contribution in [0.4, 0.5) is 0 Å². The van der Waals surface area contributed by atoms with E-state index in [1.165, 1.54) is 6.42 Å². The number of nitrogens with zero attached hydrogens (tertiary/aromatic N) is 1. The third-order valence-electron chi connectivity index (χ3n) is 2.61. The Morgan fingerprint density at radius 2 is 2.29 bits per heavy atom. The standard InChI is InChI=1S/C11H14N2O/c1-8-5-6-9(7-12-8)11(14)13-10-3-2-4-10/h5-7,10H,2-4H2,1H3,(H,13,14). The van der Waals surface area contributed by atoms with E-state index in [2.05, 4.69) is 10.3 Å². The van der Waals surface area contributed by atoms with Crippen LogP contribution in [0.3, 0.4) is 0 Å². The van der Waals surface area contributed by atoms with Crippen molar-refractivity contribution in [3.8, 4) is 0 Å². The summed E-state index contributed by atoms with van der Waals surface area (Å²) >= 11 is 0. The Bertz CT molecular complexity index is 328. The van der Waals surface area contributed by atoms with E-state index < -0.39 is 0 Å². The molecule has 0 atom stereocenters. The van der Waals surface area contributed by atoms with Crippen molar-refractivity contribution in [2.24, 2.45) is 0 Å². The maximum Gasteiger partial charge on any atom is 0.253 e. The van der Waals surface area contributed by atoms with Crippen molar-refractivity contribution < 1.29 is 4.79 Å². The predicted octanol–water partition coefficient (Wildman–Crippen LogP) is 1.67. The summed E-state index contributed by atoms with van der Waals surface area (Å²) in [5.41, 5.74) is 1.59. The smallest absolute Gasteiger partial charge is 0.253 e. The topological polar surface area (TPSA) is 42.0 Å². The monoisotopic (exact) mass is 190 g/mol. The molecule has 1 aromatic rings. The zero-order chi connectivity index (χ0) is 9.97. The van der Waals surface area contributed by atoms with Gasteiger partial charge in [-0.05, 0) is 38.3 Å². The van der Waals surface area contributed by atoms with Crippen molar-refractivity contribution in [1.82, 2.24) is 10.3 Å². The van der Waals surface area contributed by atoms with Gasteiger partial charge in [0.1, 0.15) is 0 Å². The molecular weight excluding hydrogens is 176 g/mol. The van der Waals surface area contributed by atoms with Crippen LogP contribution < -0.4 is 5.32 Å². The Balaban J connectivity index is 1.99. The summed E-state index contributed by atoms with van der Waals surface area (Å²) in [4.78, 5) is 15.7. The normalized spacial score (nSPS) is 16.1. The number of aryl methyl sites for hydroxylation is 1. The fourth-order valence-electron chi connectivity index (χ4n) is 1.42. The van der Waals surface area contributed by atoms with E-state index in [9.17, 15) is 4.79 Å². The molecular formula is C11H14N2O. The van der Waals surface area contributed by atoms with Crippen LogP contribution in [0, 0.1) is 6.92 Å². The summed E-state index contributed by atoms with van der Waals surface area (Å²) < 4.78 is 0. The van der Waals surface area contributed by atoms with Crippen molar-refractivity contribution >= 4 is 5.91 Å². The van der Waals surface area contributed by atoms with Gasteiger partial charge in [0, 0.05) is 17.9 Å². The van der Waals surface area contributed by atoms with Crippen LogP contribution in [-0.4, -0.2) is 16.9 Å². The number of carbonyl (C=O) groups excluding carboxylic acids is 1. The van der Waals surface area contributed by atoms with Crippen LogP contribution in [0.1, 0.15) is 35.3 Å². The predicted molar refractivity (Wildman–Crippen MR) is 54.1 cm³/mol. The Kier molecular flexibility index (Phi) is 2.48. The Morgan fingerprint density at radius 1 is 1.50 bits per heavy atom. The Labute approximate surface area is 83.5 Å². The van der Waals surface area contributed by atoms with Gasteiger partial charge in [-0.2, -0.15) is 0 Å². The summed E-state index contributed by atoms with van der Waals surface area (Å²) in [6, 6.07) is 4.07. The summed E-state index contributed by atoms with van der Waals surface area (Å²) in [5, 5.41) is 2.97. The van der Waals surface area contributed by atoms with Crippen LogP contribution in [0.2, 0.25) is 0 Å². The molecule has 0 unspecified atom stereocenters. The molecule has 0 aliphatic heterocycles. The highest BCUT2D eigenvalue weighted by Gasteiger charge is 2.19. The lowest BCUT2D eigenvalue weighted by molar-refractivity contribution is 0.0916. The third-order valence-corrected chi connectivity index (χ3v) is 2.61. The average molecular weight is 190 g/mol. The van der Waals surface area contributed by atoms with Gasteiger partial charge in [-0.1, -0.05) is 0 Å². The number of nitrogens with one attached hydrogen (secondary N) is 1. The van der Waals surface area contributed by atoms with Crippen LogP contribution in [0.25, 0.3) is 0 Å². The van der Waals surface area contributed by atoms with Gasteiger partial charge in [0.2, 0.25) is 0 Å². The molecule has 3 heteroatoms. The minimum Gasteiger partial charge on any atom is -0.349 e. The summed E-state index contributed by atoms with van der Waals surface area (Å²) in [6.07, 6.45) is 5.09. The van der Waals surface area contributed by atoms with Gasteiger partial charge in [-0.3, -0.25) is 9.78 Å². The molecule has 0 radical (unpaired) electrons. The molecule has 2 rings (SSSR count). The Morgan fingerprint density at radius 3 is 2.79 bits per heavy atom. The fourth-order valence-corrected chi connectivity index (χ4v) is 1.42. The first-order chi connectivity index (χ1) is 6.75. The lowest BCUT2D eigenvalue weighted by atomic mass is 9.93. The van der Waals surface area contributed by atoms with Gasteiger partial charge in [0.05, 0.1) is 5.56 Å². The molecule has 0 saturated heterocycles. The number of hydrogen-bond acceptors (Lipinski definition) is 2. The van der Waals surface area contributed by atoms with Gasteiger partial charge in [-0.15, -0.1) is 0 Å². The van der Waals surface area contributed by atoms with E-state index in [0.29, 0.717) is 11.6 Å². The van der Waals surface area contributed by atoms with Crippen molar-refractivity contribution in [2.75, 3.05) is 0 Å². The molecule has 1 aliphatic rings. The quantitative estimate of drug-likeness (QED) is 0.770. The average Bonchev–Trinajstić information content (AvgIpc) is 2.12. The molecule has 1 N–H and O–H groups in total. The second-order valence-corrected chi connectivity index (χ2v) is 3.79. The highest BCUT2D eigenvalue weighted by atomic mass is 16.1. The first kappa shape index (κ1) is 9.19. The van der Waals surface area contributed by atoms with Crippen LogP contribution in [0.5, 0.6) is 0 Å². The lowest BCUT2D eigenvalue weighted by Crippen LogP contribution is -2.39. The fraction of sp³-hybridized carbons (Fsp3) is 0.455. The number of aromatic nitrogens is 1. The van der Waals surface area contributed by atoms with Crippen molar-refractivity contribution in [3.63, 3.8) is 0 Å². The molecule has 1 amide bonds. The SMILES string of the molecule is Cc1ccc(C(=O)NC2CCC2)cn1. The van der Waals surface area contributed by atoms with Gasteiger partial charge in [0.25, 0.3) is 5.91 Å². The van der Waals surface area contributed by atoms with E-state index in [4.69, 9.17) is 0 Å². The van der Waals surface area contributed by atoms with Crippen LogP contribution in [-0.2, 0) is 0 Å². The first-order valence-corrected chi connectivity index (χ1v) is 4.99. The molecule has 3 nitrogen and oxygen atoms in total. The van der Waals surface area contributed by atoms with E-state index in [-0.39, 0.29) is 5.91 Å². The van der Waals surface area contributed by atoms with Crippen LogP contribution in [0.15, 0.2) is 18.3 Å². The molecule has 0 spiro atoms. The van der Waals surface area contributed by atoms with Gasteiger partial charge in [-0.25, -0.2) is 0 Å². The van der Waals surface area contributed by atoms with Crippen molar-refractivity contribution in [3.05, 3.63) is 29.6 Å². The Hall–Kier alpha value is -1.38. The lowest BCUT2D eigenvalue weighted by Gasteiger charge is -2.26. The number of hydrogen-bond donors (Lipinski definition) is 1. The molecule has 1 fully saturated rings. The zero-order valence-corrected chi connectivity index (χ0v) is 8.29. The number of rotatable bonds is 2. The number of carbonyl (C=O) groups is 1. The van der Waals surface area contributed by atoms with E-state index >= 15 is 0 Å². The highest BCUT2D eigenvalue weighted by Crippen LogP contribution is 2.18. The minimum atomic E-state index is 0.00204. The highest BCUT2D eigenvalue weighted by molar-refractivity contribution is 5.94. The third kappa shape index (κ3) is 1.92. The number of pyridine rings is 1. The first-order valence-electron chi connectivity index (χ1n) is 4.99. The molecule has 1 saturated carbocycles. The molecule has 1 heterocycles. The molecule has 0 aromatic carbocycles. The second-order valence-electron chi connectivity index (χ2n) is 3.79. The van der Waals surface area contributed by atoms with Crippen LogP contribution >= 0.6 is 0 Å². The summed E-state index contributed by atoms with van der Waals surface area (Å²) in [7, 11) is 0. The van der Waals surface area contributed by atoms with Crippen molar-refractivity contribution in [2.45, 2.75) is 32.2 Å². The molecule has 14 heavy (non-hydrogen) atoms. The zero-order valence-electron chi connectivity index (χ0n) is 8.29. The van der Waals surface area contributed by atoms with Gasteiger partial charge >= 0.3 is 0 Å².